The molecular weight excluding hydrogens is 264 g/mol. The number of hydrogen-bond acceptors (Lipinski definition) is 4. The number of aromatic nitrogens is 3. The van der Waals surface area contributed by atoms with Gasteiger partial charge in [-0.2, -0.15) is 4.68 Å². The van der Waals surface area contributed by atoms with Crippen molar-refractivity contribution in [3.05, 3.63) is 6.33 Å². The van der Waals surface area contributed by atoms with Crippen LogP contribution in [-0.2, 0) is 10.8 Å². The molecule has 0 aliphatic rings. The molecule has 1 heterocycles. The first kappa shape index (κ1) is 15.8. The summed E-state index contributed by atoms with van der Waals surface area (Å²) in [6, 6.07) is -0.205. The summed E-state index contributed by atoms with van der Waals surface area (Å²) in [6.07, 6.45) is 3.13. The highest BCUT2D eigenvalue weighted by Gasteiger charge is 2.19. The molecule has 0 saturated heterocycles. The normalized spacial score (nSPS) is 12.7. The number of carbonyl (C=O) groups is 1. The van der Waals surface area contributed by atoms with Crippen molar-refractivity contribution < 1.29 is 9.00 Å². The van der Waals surface area contributed by atoms with Crippen molar-refractivity contribution in [2.75, 3.05) is 13.1 Å². The van der Waals surface area contributed by atoms with E-state index in [0.29, 0.717) is 13.1 Å². The number of carbonyl (C=O) groups excluding carboxylic acids is 1. The van der Waals surface area contributed by atoms with Gasteiger partial charge in [-0.1, -0.05) is 27.7 Å². The number of amides is 1. The zero-order chi connectivity index (χ0) is 14.4. The van der Waals surface area contributed by atoms with E-state index in [-0.39, 0.29) is 16.4 Å². The maximum Gasteiger partial charge on any atom is 0.346 e. The van der Waals surface area contributed by atoms with Gasteiger partial charge in [0.05, 0.1) is 10.8 Å². The second-order valence-corrected chi connectivity index (χ2v) is 6.49. The van der Waals surface area contributed by atoms with Gasteiger partial charge in [0.1, 0.15) is 6.33 Å². The molecule has 0 radical (unpaired) electrons. The molecule has 7 heteroatoms. The van der Waals surface area contributed by atoms with E-state index in [2.05, 4.69) is 10.1 Å². The highest BCUT2D eigenvalue weighted by atomic mass is 32.2. The monoisotopic (exact) mass is 286 g/mol. The van der Waals surface area contributed by atoms with E-state index < -0.39 is 10.8 Å². The van der Waals surface area contributed by atoms with Crippen molar-refractivity contribution >= 4 is 16.8 Å². The summed E-state index contributed by atoms with van der Waals surface area (Å²) in [7, 11) is -1.27. The van der Waals surface area contributed by atoms with Gasteiger partial charge in [-0.3, -0.25) is 4.21 Å². The van der Waals surface area contributed by atoms with Crippen molar-refractivity contribution in [1.29, 1.82) is 0 Å². The molecule has 0 aliphatic heterocycles. The standard InChI is InChI=1S/C12H22N4O2S/c1-5-7-15(8-6-2)12(17)16-9-13-11(14-16)19(18)10(3)4/h9-10H,5-8H2,1-4H3. The summed E-state index contributed by atoms with van der Waals surface area (Å²) in [4.78, 5) is 17.9. The van der Waals surface area contributed by atoms with Gasteiger partial charge in [-0.15, -0.1) is 5.10 Å². The number of rotatable bonds is 6. The molecule has 1 unspecified atom stereocenters. The fourth-order valence-electron chi connectivity index (χ4n) is 1.63. The van der Waals surface area contributed by atoms with Gasteiger partial charge in [0, 0.05) is 18.3 Å². The topological polar surface area (TPSA) is 68.1 Å². The fraction of sp³-hybridized carbons (Fsp3) is 0.750. The van der Waals surface area contributed by atoms with E-state index >= 15 is 0 Å². The molecule has 1 aromatic rings. The first-order valence-electron chi connectivity index (χ1n) is 6.62. The summed E-state index contributed by atoms with van der Waals surface area (Å²) >= 11 is 0. The summed E-state index contributed by atoms with van der Waals surface area (Å²) in [5.41, 5.74) is 0. The van der Waals surface area contributed by atoms with Crippen molar-refractivity contribution in [2.24, 2.45) is 0 Å². The van der Waals surface area contributed by atoms with Gasteiger partial charge in [-0.05, 0) is 12.8 Å². The van der Waals surface area contributed by atoms with E-state index in [4.69, 9.17) is 0 Å². The Morgan fingerprint density at radius 1 is 1.37 bits per heavy atom. The van der Waals surface area contributed by atoms with Crippen LogP contribution in [0.15, 0.2) is 11.5 Å². The Morgan fingerprint density at radius 2 is 1.95 bits per heavy atom. The molecule has 0 saturated carbocycles. The van der Waals surface area contributed by atoms with E-state index in [9.17, 15) is 9.00 Å². The average Bonchev–Trinajstić information content (AvgIpc) is 2.86. The van der Waals surface area contributed by atoms with Crippen LogP contribution in [0, 0.1) is 0 Å². The van der Waals surface area contributed by atoms with E-state index in [1.165, 1.54) is 11.0 Å². The van der Waals surface area contributed by atoms with Crippen LogP contribution in [0.4, 0.5) is 4.79 Å². The van der Waals surface area contributed by atoms with E-state index in [1.54, 1.807) is 4.90 Å². The molecule has 0 N–H and O–H groups in total. The largest absolute Gasteiger partial charge is 0.346 e. The van der Waals surface area contributed by atoms with Crippen molar-refractivity contribution in [3.8, 4) is 0 Å². The molecule has 19 heavy (non-hydrogen) atoms. The molecule has 108 valence electrons. The van der Waals surface area contributed by atoms with Gasteiger partial charge < -0.3 is 4.90 Å². The maximum atomic E-state index is 12.2. The average molecular weight is 286 g/mol. The van der Waals surface area contributed by atoms with E-state index in [1.807, 2.05) is 27.7 Å². The molecule has 1 aromatic heterocycles. The lowest BCUT2D eigenvalue weighted by atomic mass is 10.4. The highest BCUT2D eigenvalue weighted by Crippen LogP contribution is 2.06. The molecular formula is C12H22N4O2S. The summed E-state index contributed by atoms with van der Waals surface area (Å²) in [5, 5.41) is 4.19. The molecule has 6 nitrogen and oxygen atoms in total. The molecule has 1 rings (SSSR count). The zero-order valence-electron chi connectivity index (χ0n) is 12.0. The number of nitrogens with zero attached hydrogens (tertiary/aromatic N) is 4. The molecule has 1 amide bonds. The molecule has 1 atom stereocenters. The SMILES string of the molecule is CCCN(CCC)C(=O)n1cnc(S(=O)C(C)C)n1. The minimum Gasteiger partial charge on any atom is -0.323 e. The lowest BCUT2D eigenvalue weighted by Crippen LogP contribution is -2.36. The lowest BCUT2D eigenvalue weighted by Gasteiger charge is -2.20. The minimum absolute atomic E-state index is 0.0617. The van der Waals surface area contributed by atoms with Crippen LogP contribution in [0.3, 0.4) is 0 Å². The quantitative estimate of drug-likeness (QED) is 0.800. The molecule has 0 fully saturated rings. The van der Waals surface area contributed by atoms with Crippen LogP contribution in [0.25, 0.3) is 0 Å². The smallest absolute Gasteiger partial charge is 0.323 e. The predicted octanol–water partition coefficient (Wildman–Crippen LogP) is 1.88. The van der Waals surface area contributed by atoms with Crippen LogP contribution in [-0.4, -0.2) is 48.2 Å². The van der Waals surface area contributed by atoms with Crippen LogP contribution in [0.1, 0.15) is 40.5 Å². The third-order valence-corrected chi connectivity index (χ3v) is 3.94. The van der Waals surface area contributed by atoms with Crippen LogP contribution < -0.4 is 0 Å². The summed E-state index contributed by atoms with van der Waals surface area (Å²) in [5.74, 6) is 0. The Kier molecular flexibility index (Phi) is 6.14. The first-order valence-corrected chi connectivity index (χ1v) is 7.84. The third-order valence-electron chi connectivity index (χ3n) is 2.53. The Balaban J connectivity index is 2.84. The van der Waals surface area contributed by atoms with Crippen LogP contribution in [0.5, 0.6) is 0 Å². The van der Waals surface area contributed by atoms with E-state index in [0.717, 1.165) is 12.8 Å². The molecule has 0 bridgehead atoms. The summed E-state index contributed by atoms with van der Waals surface area (Å²) < 4.78 is 13.0. The highest BCUT2D eigenvalue weighted by molar-refractivity contribution is 7.85. The number of hydrogen-bond donors (Lipinski definition) is 0. The van der Waals surface area contributed by atoms with Crippen LogP contribution >= 0.6 is 0 Å². The van der Waals surface area contributed by atoms with Crippen molar-refractivity contribution in [1.82, 2.24) is 19.7 Å². The Hall–Kier alpha value is -1.24. The van der Waals surface area contributed by atoms with Gasteiger partial charge in [0.15, 0.2) is 0 Å². The second kappa shape index (κ2) is 7.37. The lowest BCUT2D eigenvalue weighted by molar-refractivity contribution is 0.196. The molecule has 0 aliphatic carbocycles. The van der Waals surface area contributed by atoms with Gasteiger partial charge in [0.25, 0.3) is 0 Å². The van der Waals surface area contributed by atoms with Gasteiger partial charge >= 0.3 is 6.03 Å². The zero-order valence-corrected chi connectivity index (χ0v) is 12.8. The van der Waals surface area contributed by atoms with Crippen molar-refractivity contribution in [3.63, 3.8) is 0 Å². The Labute approximate surface area is 116 Å². The predicted molar refractivity (Wildman–Crippen MR) is 74.5 cm³/mol. The van der Waals surface area contributed by atoms with Crippen molar-refractivity contribution in [2.45, 2.75) is 50.9 Å². The molecule has 0 aromatic carbocycles. The Morgan fingerprint density at radius 3 is 2.42 bits per heavy atom. The minimum atomic E-state index is -1.27. The second-order valence-electron chi connectivity index (χ2n) is 4.59. The molecule has 0 spiro atoms. The van der Waals surface area contributed by atoms with Crippen LogP contribution in [0.2, 0.25) is 0 Å². The fourth-order valence-corrected chi connectivity index (χ4v) is 2.37. The maximum absolute atomic E-state index is 12.2. The summed E-state index contributed by atoms with van der Waals surface area (Å²) in [6.45, 7) is 9.09. The Bertz CT molecular complexity index is 439. The third kappa shape index (κ3) is 4.12. The first-order chi connectivity index (χ1) is 9.01. The van der Waals surface area contributed by atoms with Gasteiger partial charge in [0.2, 0.25) is 5.16 Å². The van der Waals surface area contributed by atoms with Gasteiger partial charge in [-0.25, -0.2) is 9.78 Å².